The Morgan fingerprint density at radius 3 is 2.75 bits per heavy atom. The zero-order chi connectivity index (χ0) is 22.1. The van der Waals surface area contributed by atoms with Crippen LogP contribution in [-0.4, -0.2) is 75.8 Å². The molecule has 0 unspecified atom stereocenters. The fourth-order valence-corrected chi connectivity index (χ4v) is 5.34. The number of hydrogen-bond donors (Lipinski definition) is 1. The number of aliphatic hydroxyl groups excluding tert-OH is 1. The van der Waals surface area contributed by atoms with Crippen LogP contribution in [0.5, 0.6) is 0 Å². The lowest BCUT2D eigenvalue weighted by Gasteiger charge is -2.35. The van der Waals surface area contributed by atoms with Gasteiger partial charge in [0.25, 0.3) is 0 Å². The Bertz CT molecular complexity index is 1070. The van der Waals surface area contributed by atoms with Gasteiger partial charge in [0, 0.05) is 46.0 Å². The van der Waals surface area contributed by atoms with E-state index in [1.165, 1.54) is 22.5 Å². The first-order valence-electron chi connectivity index (χ1n) is 11.8. The molecule has 1 aromatic carbocycles. The number of nitrogens with zero attached hydrogens (tertiary/aromatic N) is 6. The summed E-state index contributed by atoms with van der Waals surface area (Å²) in [5.74, 6) is 1.04. The van der Waals surface area contributed by atoms with Crippen molar-refractivity contribution in [3.05, 3.63) is 53.6 Å². The second-order valence-electron chi connectivity index (χ2n) is 9.17. The molecule has 7 nitrogen and oxygen atoms in total. The molecule has 2 aliphatic rings. The molecule has 0 amide bonds. The number of benzene rings is 1. The zero-order valence-electron chi connectivity index (χ0n) is 19.2. The minimum atomic E-state index is 0.134. The molecule has 1 N–H and O–H groups in total. The van der Waals surface area contributed by atoms with Crippen LogP contribution in [0.25, 0.3) is 11.0 Å². The van der Waals surface area contributed by atoms with Gasteiger partial charge in [-0.1, -0.05) is 12.1 Å². The summed E-state index contributed by atoms with van der Waals surface area (Å²) in [6.07, 6.45) is 5.21. The molecule has 1 fully saturated rings. The summed E-state index contributed by atoms with van der Waals surface area (Å²) in [5, 5.41) is 9.84. The highest BCUT2D eigenvalue weighted by molar-refractivity contribution is 5.89. The van der Waals surface area contributed by atoms with Crippen LogP contribution in [0.4, 0.5) is 5.69 Å². The van der Waals surface area contributed by atoms with Crippen molar-refractivity contribution in [2.45, 2.75) is 31.8 Å². The van der Waals surface area contributed by atoms with Crippen LogP contribution in [0.15, 0.2) is 36.5 Å². The van der Waals surface area contributed by atoms with Crippen molar-refractivity contribution in [1.82, 2.24) is 24.3 Å². The highest BCUT2D eigenvalue weighted by Gasteiger charge is 2.28. The lowest BCUT2D eigenvalue weighted by atomic mass is 9.91. The monoisotopic (exact) mass is 434 g/mol. The minimum absolute atomic E-state index is 0.134. The fraction of sp³-hybridized carbons (Fsp3) is 0.520. The number of para-hydroxylation sites is 1. The molecular formula is C25H34N6O. The summed E-state index contributed by atoms with van der Waals surface area (Å²) in [6.45, 7) is 5.70. The van der Waals surface area contributed by atoms with Gasteiger partial charge in [-0.05, 0) is 50.1 Å². The van der Waals surface area contributed by atoms with Gasteiger partial charge in [-0.2, -0.15) is 0 Å². The first-order chi connectivity index (χ1) is 15.7. The van der Waals surface area contributed by atoms with E-state index in [0.717, 1.165) is 56.8 Å². The highest BCUT2D eigenvalue weighted by Crippen LogP contribution is 2.34. The van der Waals surface area contributed by atoms with Crippen molar-refractivity contribution in [3.8, 4) is 0 Å². The molecule has 1 saturated heterocycles. The van der Waals surface area contributed by atoms with Crippen molar-refractivity contribution in [2.24, 2.45) is 7.05 Å². The maximum Gasteiger partial charge on any atom is 0.123 e. The summed E-state index contributed by atoms with van der Waals surface area (Å²) in [7, 11) is 4.32. The summed E-state index contributed by atoms with van der Waals surface area (Å²) >= 11 is 0. The average molecular weight is 435 g/mol. The number of imidazole rings is 1. The van der Waals surface area contributed by atoms with Gasteiger partial charge in [-0.15, -0.1) is 0 Å². The van der Waals surface area contributed by atoms with Crippen LogP contribution in [0.3, 0.4) is 0 Å². The Kier molecular flexibility index (Phi) is 6.13. The third kappa shape index (κ3) is 4.00. The van der Waals surface area contributed by atoms with E-state index < -0.39 is 0 Å². The highest BCUT2D eigenvalue weighted by atomic mass is 16.3. The molecular weight excluding hydrogens is 400 g/mol. The van der Waals surface area contributed by atoms with Gasteiger partial charge in [-0.25, -0.2) is 4.98 Å². The average Bonchev–Trinajstić information content (AvgIpc) is 3.14. The lowest BCUT2D eigenvalue weighted by molar-refractivity contribution is 0.125. The molecule has 3 aromatic rings. The van der Waals surface area contributed by atoms with Crippen LogP contribution in [0, 0.1) is 0 Å². The van der Waals surface area contributed by atoms with Gasteiger partial charge in [0.1, 0.15) is 5.82 Å². The molecule has 3 heterocycles. The summed E-state index contributed by atoms with van der Waals surface area (Å²) in [4.78, 5) is 17.0. The van der Waals surface area contributed by atoms with Gasteiger partial charge < -0.3 is 19.5 Å². The lowest BCUT2D eigenvalue weighted by Crippen LogP contribution is -2.44. The third-order valence-corrected chi connectivity index (χ3v) is 7.15. The maximum atomic E-state index is 9.84. The molecule has 1 atom stereocenters. The number of anilines is 1. The van der Waals surface area contributed by atoms with Crippen molar-refractivity contribution in [1.29, 1.82) is 0 Å². The van der Waals surface area contributed by atoms with E-state index in [9.17, 15) is 5.11 Å². The topological polar surface area (TPSA) is 60.7 Å². The summed E-state index contributed by atoms with van der Waals surface area (Å²) < 4.78 is 2.26. The third-order valence-electron chi connectivity index (χ3n) is 7.15. The Balaban J connectivity index is 1.47. The number of rotatable bonds is 6. The van der Waals surface area contributed by atoms with Crippen LogP contribution in [-0.2, 0) is 20.0 Å². The fourth-order valence-electron chi connectivity index (χ4n) is 5.34. The molecule has 0 radical (unpaired) electrons. The second kappa shape index (κ2) is 9.17. The molecule has 32 heavy (non-hydrogen) atoms. The van der Waals surface area contributed by atoms with E-state index in [4.69, 9.17) is 9.97 Å². The molecule has 7 heteroatoms. The summed E-state index contributed by atoms with van der Waals surface area (Å²) in [6, 6.07) is 10.9. The molecule has 0 bridgehead atoms. The van der Waals surface area contributed by atoms with Crippen LogP contribution in [0.1, 0.15) is 36.0 Å². The minimum Gasteiger partial charge on any atom is -0.395 e. The Morgan fingerprint density at radius 1 is 1.09 bits per heavy atom. The van der Waals surface area contributed by atoms with Gasteiger partial charge in [-0.3, -0.25) is 9.88 Å². The predicted octanol–water partition coefficient (Wildman–Crippen LogP) is 2.59. The standard InChI is InChI=1S/C25H34N6O/c1-28-12-14-30(15-13-28)22-10-4-8-20-25(22)29(2)23(27-20)18-31(16-17-32)21-9-3-6-19-7-5-11-26-24(19)21/h4-5,7-8,10-11,21,32H,3,6,9,12-18H2,1-2H3/t21-/m0/s1. The van der Waals surface area contributed by atoms with E-state index >= 15 is 0 Å². The smallest absolute Gasteiger partial charge is 0.123 e. The van der Waals surface area contributed by atoms with E-state index in [1.54, 1.807) is 0 Å². The zero-order valence-corrected chi connectivity index (χ0v) is 19.2. The normalized spacial score (nSPS) is 19.6. The largest absolute Gasteiger partial charge is 0.395 e. The van der Waals surface area contributed by atoms with Crippen LogP contribution < -0.4 is 4.90 Å². The van der Waals surface area contributed by atoms with E-state index in [1.807, 2.05) is 12.3 Å². The first kappa shape index (κ1) is 21.4. The number of pyridine rings is 1. The predicted molar refractivity (Wildman–Crippen MR) is 128 cm³/mol. The van der Waals surface area contributed by atoms with Crippen molar-refractivity contribution in [3.63, 3.8) is 0 Å². The van der Waals surface area contributed by atoms with Crippen molar-refractivity contribution >= 4 is 16.7 Å². The molecule has 2 aromatic heterocycles. The second-order valence-corrected chi connectivity index (χ2v) is 9.17. The van der Waals surface area contributed by atoms with Gasteiger partial charge in [0.2, 0.25) is 0 Å². The maximum absolute atomic E-state index is 9.84. The molecule has 1 aliphatic carbocycles. The molecule has 1 aliphatic heterocycles. The SMILES string of the molecule is CN1CCN(c2cccc3nc(CN(CCO)[C@H]4CCCc5cccnc54)n(C)c23)CC1. The number of fused-ring (bicyclic) bond motifs is 2. The molecule has 5 rings (SSSR count). The summed E-state index contributed by atoms with van der Waals surface area (Å²) in [5.41, 5.74) is 6.04. The van der Waals surface area contributed by atoms with Gasteiger partial charge in [0.05, 0.1) is 41.6 Å². The number of likely N-dealkylation sites (N-methyl/N-ethyl adjacent to an activating group) is 1. The van der Waals surface area contributed by atoms with Crippen molar-refractivity contribution in [2.75, 3.05) is 51.3 Å². The molecule has 0 spiro atoms. The van der Waals surface area contributed by atoms with Crippen molar-refractivity contribution < 1.29 is 5.11 Å². The Hall–Kier alpha value is -2.48. The van der Waals surface area contributed by atoms with E-state index in [2.05, 4.69) is 57.6 Å². The van der Waals surface area contributed by atoms with E-state index in [0.29, 0.717) is 13.1 Å². The Labute approximate surface area is 190 Å². The first-order valence-corrected chi connectivity index (χ1v) is 11.8. The number of hydrogen-bond acceptors (Lipinski definition) is 6. The quantitative estimate of drug-likeness (QED) is 0.644. The molecule has 170 valence electrons. The van der Waals surface area contributed by atoms with Crippen LogP contribution in [0.2, 0.25) is 0 Å². The molecule has 0 saturated carbocycles. The van der Waals surface area contributed by atoms with Gasteiger partial charge >= 0.3 is 0 Å². The number of aromatic nitrogens is 3. The van der Waals surface area contributed by atoms with Crippen LogP contribution >= 0.6 is 0 Å². The van der Waals surface area contributed by atoms with Gasteiger partial charge in [0.15, 0.2) is 0 Å². The Morgan fingerprint density at radius 2 is 1.94 bits per heavy atom. The number of aliphatic hydroxyl groups is 1. The van der Waals surface area contributed by atoms with E-state index in [-0.39, 0.29) is 12.6 Å². The number of piperazine rings is 1. The number of aryl methyl sites for hydroxylation is 2.